The molecule has 0 heterocycles. The number of anilines is 1. The maximum Gasteiger partial charge on any atom is 0.257 e. The van der Waals surface area contributed by atoms with Crippen molar-refractivity contribution in [2.45, 2.75) is 11.8 Å². The summed E-state index contributed by atoms with van der Waals surface area (Å²) in [5.41, 5.74) is 2.18. The van der Waals surface area contributed by atoms with E-state index in [1.165, 1.54) is 0 Å². The molecule has 0 aromatic heterocycles. The molecule has 0 saturated heterocycles. The zero-order valence-electron chi connectivity index (χ0n) is 10.1. The minimum atomic E-state index is -0.251. The second kappa shape index (κ2) is 5.99. The van der Waals surface area contributed by atoms with Crippen LogP contribution in [0.1, 0.15) is 15.9 Å². The highest BCUT2D eigenvalue weighted by Gasteiger charge is 2.11. The molecule has 1 amide bonds. The molecular weight excluding hydrogens is 346 g/mol. The van der Waals surface area contributed by atoms with Crippen LogP contribution >= 0.6 is 40.2 Å². The highest BCUT2D eigenvalue weighted by molar-refractivity contribution is 9.10. The third kappa shape index (κ3) is 3.75. The van der Waals surface area contributed by atoms with Crippen molar-refractivity contribution in [2.75, 3.05) is 5.32 Å². The number of amides is 1. The minimum absolute atomic E-state index is 0.251. The van der Waals surface area contributed by atoms with Crippen molar-refractivity contribution in [3.8, 4) is 0 Å². The minimum Gasteiger partial charge on any atom is -0.322 e. The Morgan fingerprint density at radius 2 is 2.00 bits per heavy atom. The Morgan fingerprint density at radius 1 is 1.26 bits per heavy atom. The molecule has 0 atom stereocenters. The number of carbonyl (C=O) groups excluding carboxylic acids is 1. The molecule has 0 aliphatic carbocycles. The van der Waals surface area contributed by atoms with E-state index in [-0.39, 0.29) is 5.91 Å². The number of hydrogen-bond donors (Lipinski definition) is 2. The summed E-state index contributed by atoms with van der Waals surface area (Å²) in [6.45, 7) is 1.96. The summed E-state index contributed by atoms with van der Waals surface area (Å²) in [6, 6.07) is 10.7. The lowest BCUT2D eigenvalue weighted by Gasteiger charge is -2.08. The summed E-state index contributed by atoms with van der Waals surface area (Å²) in [5, 5.41) is 3.23. The fourth-order valence-corrected chi connectivity index (χ4v) is 2.71. The predicted octanol–water partition coefficient (Wildman–Crippen LogP) is 4.95. The van der Waals surface area contributed by atoms with E-state index >= 15 is 0 Å². The van der Waals surface area contributed by atoms with E-state index in [1.54, 1.807) is 18.2 Å². The highest BCUT2D eigenvalue weighted by Crippen LogP contribution is 2.23. The SMILES string of the molecule is Cc1cc(Br)cc(NC(=O)c2cc(S)ccc2Cl)c1. The molecule has 19 heavy (non-hydrogen) atoms. The quantitative estimate of drug-likeness (QED) is 0.732. The van der Waals surface area contributed by atoms with Crippen LogP contribution in [-0.2, 0) is 0 Å². The van der Waals surface area contributed by atoms with Gasteiger partial charge in [-0.3, -0.25) is 4.79 Å². The monoisotopic (exact) mass is 355 g/mol. The molecule has 0 unspecified atom stereocenters. The topological polar surface area (TPSA) is 29.1 Å². The lowest BCUT2D eigenvalue weighted by molar-refractivity contribution is 0.102. The van der Waals surface area contributed by atoms with Crippen LogP contribution in [0.2, 0.25) is 5.02 Å². The first kappa shape index (κ1) is 14.4. The fourth-order valence-electron chi connectivity index (χ4n) is 1.69. The Balaban J connectivity index is 2.28. The van der Waals surface area contributed by atoms with Crippen LogP contribution in [0, 0.1) is 6.92 Å². The van der Waals surface area contributed by atoms with Crippen molar-refractivity contribution in [3.05, 3.63) is 57.0 Å². The molecular formula is C14H11BrClNOS. The molecule has 2 nitrogen and oxygen atoms in total. The standard InChI is InChI=1S/C14H11BrClNOS/c1-8-4-9(15)6-10(5-8)17-14(18)12-7-11(19)2-3-13(12)16/h2-7,19H,1H3,(H,17,18). The lowest BCUT2D eigenvalue weighted by atomic mass is 10.2. The molecule has 0 bridgehead atoms. The Morgan fingerprint density at radius 3 is 2.68 bits per heavy atom. The van der Waals surface area contributed by atoms with Crippen LogP contribution in [0.15, 0.2) is 45.8 Å². The summed E-state index contributed by atoms with van der Waals surface area (Å²) < 4.78 is 0.914. The number of halogens is 2. The van der Waals surface area contributed by atoms with Gasteiger partial charge in [0, 0.05) is 15.1 Å². The van der Waals surface area contributed by atoms with E-state index in [0.717, 1.165) is 15.7 Å². The van der Waals surface area contributed by atoms with Gasteiger partial charge in [0.05, 0.1) is 10.6 Å². The van der Waals surface area contributed by atoms with Gasteiger partial charge >= 0.3 is 0 Å². The van der Waals surface area contributed by atoms with Crippen LogP contribution in [0.5, 0.6) is 0 Å². The van der Waals surface area contributed by atoms with Crippen molar-refractivity contribution in [3.63, 3.8) is 0 Å². The van der Waals surface area contributed by atoms with Crippen molar-refractivity contribution >= 4 is 51.8 Å². The van der Waals surface area contributed by atoms with Crippen molar-refractivity contribution in [1.29, 1.82) is 0 Å². The molecule has 5 heteroatoms. The van der Waals surface area contributed by atoms with E-state index in [0.29, 0.717) is 15.5 Å². The second-order valence-electron chi connectivity index (χ2n) is 4.14. The van der Waals surface area contributed by atoms with E-state index in [2.05, 4.69) is 33.9 Å². The molecule has 1 N–H and O–H groups in total. The largest absolute Gasteiger partial charge is 0.322 e. The van der Waals surface area contributed by atoms with Gasteiger partial charge in [0.1, 0.15) is 0 Å². The first-order chi connectivity index (χ1) is 8.95. The predicted molar refractivity (Wildman–Crippen MR) is 85.5 cm³/mol. The number of hydrogen-bond acceptors (Lipinski definition) is 2. The number of thiol groups is 1. The second-order valence-corrected chi connectivity index (χ2v) is 5.97. The van der Waals surface area contributed by atoms with Crippen molar-refractivity contribution in [1.82, 2.24) is 0 Å². The molecule has 0 saturated carbocycles. The lowest BCUT2D eigenvalue weighted by Crippen LogP contribution is -2.12. The van der Waals surface area contributed by atoms with Crippen LogP contribution < -0.4 is 5.32 Å². The number of carbonyl (C=O) groups is 1. The Labute approximate surface area is 130 Å². The van der Waals surface area contributed by atoms with E-state index in [4.69, 9.17) is 11.6 Å². The molecule has 0 aliphatic heterocycles. The Kier molecular flexibility index (Phi) is 4.55. The third-order valence-corrected chi connectivity index (χ3v) is 3.56. The van der Waals surface area contributed by atoms with E-state index < -0.39 is 0 Å². The van der Waals surface area contributed by atoms with Crippen molar-refractivity contribution < 1.29 is 4.79 Å². The van der Waals surface area contributed by atoms with Gasteiger partial charge in [0.2, 0.25) is 0 Å². The zero-order chi connectivity index (χ0) is 14.0. The average Bonchev–Trinajstić information content (AvgIpc) is 2.30. The van der Waals surface area contributed by atoms with Gasteiger partial charge in [-0.2, -0.15) is 0 Å². The molecule has 0 radical (unpaired) electrons. The average molecular weight is 357 g/mol. The smallest absolute Gasteiger partial charge is 0.257 e. The van der Waals surface area contributed by atoms with E-state index in [1.807, 2.05) is 25.1 Å². The molecule has 2 rings (SSSR count). The summed E-state index contributed by atoms with van der Waals surface area (Å²) in [6.07, 6.45) is 0. The van der Waals surface area contributed by atoms with Gasteiger partial charge in [0.15, 0.2) is 0 Å². The van der Waals surface area contributed by atoms with Crippen LogP contribution in [0.4, 0.5) is 5.69 Å². The van der Waals surface area contributed by atoms with Gasteiger partial charge in [-0.1, -0.05) is 27.5 Å². The van der Waals surface area contributed by atoms with E-state index in [9.17, 15) is 4.79 Å². The first-order valence-corrected chi connectivity index (χ1v) is 7.14. The van der Waals surface area contributed by atoms with Gasteiger partial charge in [-0.05, 0) is 48.9 Å². The zero-order valence-corrected chi connectivity index (χ0v) is 13.3. The maximum absolute atomic E-state index is 12.2. The Hall–Kier alpha value is -0.970. The van der Waals surface area contributed by atoms with Crippen molar-refractivity contribution in [2.24, 2.45) is 0 Å². The van der Waals surface area contributed by atoms with Crippen LogP contribution in [0.3, 0.4) is 0 Å². The summed E-state index contributed by atoms with van der Waals surface area (Å²) in [5.74, 6) is -0.251. The fraction of sp³-hybridized carbons (Fsp3) is 0.0714. The van der Waals surface area contributed by atoms with Gasteiger partial charge < -0.3 is 5.32 Å². The van der Waals surface area contributed by atoms with Gasteiger partial charge in [-0.15, -0.1) is 12.6 Å². The van der Waals surface area contributed by atoms with Gasteiger partial charge in [-0.25, -0.2) is 0 Å². The molecule has 0 fully saturated rings. The summed E-state index contributed by atoms with van der Waals surface area (Å²) in [4.78, 5) is 12.9. The molecule has 98 valence electrons. The third-order valence-electron chi connectivity index (χ3n) is 2.49. The first-order valence-electron chi connectivity index (χ1n) is 5.53. The molecule has 0 spiro atoms. The summed E-state index contributed by atoms with van der Waals surface area (Å²) >= 11 is 13.6. The maximum atomic E-state index is 12.2. The van der Waals surface area contributed by atoms with Gasteiger partial charge in [0.25, 0.3) is 5.91 Å². The molecule has 2 aromatic carbocycles. The molecule has 0 aliphatic rings. The number of aryl methyl sites for hydroxylation is 1. The number of nitrogens with one attached hydrogen (secondary N) is 1. The summed E-state index contributed by atoms with van der Waals surface area (Å²) in [7, 11) is 0. The number of rotatable bonds is 2. The number of benzene rings is 2. The van der Waals surface area contributed by atoms with Crippen LogP contribution in [0.25, 0.3) is 0 Å². The van der Waals surface area contributed by atoms with Crippen LogP contribution in [-0.4, -0.2) is 5.91 Å². The highest BCUT2D eigenvalue weighted by atomic mass is 79.9. The molecule has 2 aromatic rings. The normalized spacial score (nSPS) is 10.3. The Bertz CT molecular complexity index is 625.